The summed E-state index contributed by atoms with van der Waals surface area (Å²) in [7, 11) is 4.10. The number of carbonyl (C=O) groups excluding carboxylic acids is 1. The topological polar surface area (TPSA) is 33.2 Å². The number of hydrogen-bond donors (Lipinski definition) is 0. The van der Waals surface area contributed by atoms with Crippen LogP contribution in [0.4, 0.5) is 0 Å². The first-order chi connectivity index (χ1) is 10.7. The molecule has 3 rings (SSSR count). The predicted octanol–water partition coefficient (Wildman–Crippen LogP) is 3.63. The molecule has 0 fully saturated rings. The first kappa shape index (κ1) is 14.9. The number of likely N-dealkylation sites (N-methyl/N-ethyl adjacent to an activating group) is 1. The minimum atomic E-state index is 0.0202. The molecular formula is C18H18N2OS. The fraction of sp³-hybridized carbons (Fsp3) is 0.222. The maximum atomic E-state index is 12.9. The number of nitrogens with zero attached hydrogens (tertiary/aromatic N) is 2. The predicted molar refractivity (Wildman–Crippen MR) is 91.8 cm³/mol. The number of pyridine rings is 1. The minimum Gasteiger partial charge on any atom is -0.309 e. The molecule has 3 nitrogen and oxygen atoms in total. The Labute approximate surface area is 134 Å². The van der Waals surface area contributed by atoms with Crippen LogP contribution in [0.5, 0.6) is 0 Å². The summed E-state index contributed by atoms with van der Waals surface area (Å²) in [6, 6.07) is 13.6. The molecule has 1 aromatic carbocycles. The average Bonchev–Trinajstić information content (AvgIpc) is 2.91. The van der Waals surface area contributed by atoms with Gasteiger partial charge in [-0.1, -0.05) is 24.3 Å². The van der Waals surface area contributed by atoms with Gasteiger partial charge < -0.3 is 4.90 Å². The van der Waals surface area contributed by atoms with E-state index < -0.39 is 0 Å². The van der Waals surface area contributed by atoms with Crippen molar-refractivity contribution >= 4 is 27.2 Å². The molecule has 0 spiro atoms. The third-order valence-electron chi connectivity index (χ3n) is 3.58. The highest BCUT2D eigenvalue weighted by Crippen LogP contribution is 2.33. The lowest BCUT2D eigenvalue weighted by atomic mass is 10.0. The van der Waals surface area contributed by atoms with Gasteiger partial charge in [-0.2, -0.15) is 0 Å². The third kappa shape index (κ3) is 2.93. The lowest BCUT2D eigenvalue weighted by molar-refractivity contribution is 0.103. The number of benzene rings is 1. The van der Waals surface area contributed by atoms with Gasteiger partial charge in [0.2, 0.25) is 5.78 Å². The highest BCUT2D eigenvalue weighted by atomic mass is 32.1. The smallest absolute Gasteiger partial charge is 0.213 e. The van der Waals surface area contributed by atoms with E-state index in [9.17, 15) is 4.79 Å². The molecule has 0 saturated carbocycles. The summed E-state index contributed by atoms with van der Waals surface area (Å²) in [6.45, 7) is 0.926. The number of carbonyl (C=O) groups is 1. The van der Waals surface area contributed by atoms with Gasteiger partial charge in [0.15, 0.2) is 0 Å². The second-order valence-corrected chi connectivity index (χ2v) is 6.63. The van der Waals surface area contributed by atoms with Crippen LogP contribution in [0.2, 0.25) is 0 Å². The number of fused-ring (bicyclic) bond motifs is 1. The molecule has 22 heavy (non-hydrogen) atoms. The summed E-state index contributed by atoms with van der Waals surface area (Å²) < 4.78 is 1.16. The van der Waals surface area contributed by atoms with E-state index in [1.54, 1.807) is 23.6 Å². The van der Waals surface area contributed by atoms with E-state index in [4.69, 9.17) is 0 Å². The van der Waals surface area contributed by atoms with Crippen LogP contribution in [0, 0.1) is 0 Å². The second kappa shape index (κ2) is 6.38. The van der Waals surface area contributed by atoms with E-state index in [2.05, 4.69) is 16.0 Å². The summed E-state index contributed by atoms with van der Waals surface area (Å²) >= 11 is 1.71. The van der Waals surface area contributed by atoms with Crippen molar-refractivity contribution in [2.75, 3.05) is 20.6 Å². The van der Waals surface area contributed by atoms with Crippen molar-refractivity contribution in [2.45, 2.75) is 6.42 Å². The summed E-state index contributed by atoms with van der Waals surface area (Å²) in [5.41, 5.74) is 1.33. The maximum Gasteiger partial charge on any atom is 0.213 e. The van der Waals surface area contributed by atoms with Crippen molar-refractivity contribution in [2.24, 2.45) is 0 Å². The number of thiophene rings is 1. The zero-order valence-electron chi connectivity index (χ0n) is 12.7. The maximum absolute atomic E-state index is 12.9. The van der Waals surface area contributed by atoms with Gasteiger partial charge in [-0.05, 0) is 38.7 Å². The van der Waals surface area contributed by atoms with Crippen LogP contribution >= 0.6 is 11.3 Å². The van der Waals surface area contributed by atoms with E-state index in [1.807, 2.05) is 44.4 Å². The van der Waals surface area contributed by atoms with E-state index in [-0.39, 0.29) is 5.78 Å². The van der Waals surface area contributed by atoms with Gasteiger partial charge in [0.05, 0.1) is 0 Å². The molecule has 0 radical (unpaired) electrons. The zero-order chi connectivity index (χ0) is 15.5. The molecule has 0 saturated heterocycles. The molecule has 0 aliphatic rings. The molecule has 0 bridgehead atoms. The van der Waals surface area contributed by atoms with Crippen molar-refractivity contribution in [1.82, 2.24) is 9.88 Å². The summed E-state index contributed by atoms with van der Waals surface area (Å²) in [5, 5.41) is 1.04. The van der Waals surface area contributed by atoms with Crippen molar-refractivity contribution < 1.29 is 4.79 Å². The normalized spacial score (nSPS) is 11.2. The molecule has 3 aromatic rings. The van der Waals surface area contributed by atoms with Gasteiger partial charge in [0.25, 0.3) is 0 Å². The quantitative estimate of drug-likeness (QED) is 0.675. The van der Waals surface area contributed by atoms with E-state index in [0.29, 0.717) is 5.69 Å². The Kier molecular flexibility index (Phi) is 4.32. The Bertz CT molecular complexity index is 793. The van der Waals surface area contributed by atoms with E-state index >= 15 is 0 Å². The summed E-state index contributed by atoms with van der Waals surface area (Å²) in [5.74, 6) is 0.0202. The molecule has 2 heterocycles. The Morgan fingerprint density at radius 2 is 1.91 bits per heavy atom. The van der Waals surface area contributed by atoms with Gasteiger partial charge in [0, 0.05) is 33.3 Å². The molecule has 0 aliphatic carbocycles. The third-order valence-corrected chi connectivity index (χ3v) is 4.81. The fourth-order valence-corrected chi connectivity index (χ4v) is 3.66. The molecular weight excluding hydrogens is 292 g/mol. The number of rotatable bonds is 5. The molecule has 0 unspecified atom stereocenters. The van der Waals surface area contributed by atoms with Crippen molar-refractivity contribution in [3.8, 4) is 0 Å². The van der Waals surface area contributed by atoms with Crippen LogP contribution in [-0.2, 0) is 6.42 Å². The molecule has 0 amide bonds. The van der Waals surface area contributed by atoms with Gasteiger partial charge >= 0.3 is 0 Å². The minimum absolute atomic E-state index is 0.0202. The molecule has 0 aliphatic heterocycles. The zero-order valence-corrected chi connectivity index (χ0v) is 13.6. The van der Waals surface area contributed by atoms with Gasteiger partial charge in [-0.3, -0.25) is 9.78 Å². The number of ketones is 1. The average molecular weight is 310 g/mol. The van der Waals surface area contributed by atoms with E-state index in [1.165, 1.54) is 0 Å². The SMILES string of the molecule is CN(C)CCc1sc2ccccc2c1C(=O)c1ccccn1. The highest BCUT2D eigenvalue weighted by molar-refractivity contribution is 7.19. The van der Waals surface area contributed by atoms with Crippen LogP contribution < -0.4 is 0 Å². The summed E-state index contributed by atoms with van der Waals surface area (Å²) in [6.07, 6.45) is 2.54. The largest absolute Gasteiger partial charge is 0.309 e. The monoisotopic (exact) mass is 310 g/mol. The first-order valence-corrected chi connectivity index (χ1v) is 8.09. The lowest BCUT2D eigenvalue weighted by Crippen LogP contribution is -2.16. The van der Waals surface area contributed by atoms with E-state index in [0.717, 1.165) is 33.5 Å². The Hall–Kier alpha value is -2.04. The van der Waals surface area contributed by atoms with Gasteiger partial charge in [-0.15, -0.1) is 11.3 Å². The van der Waals surface area contributed by atoms with Crippen LogP contribution in [0.25, 0.3) is 10.1 Å². The summed E-state index contributed by atoms with van der Waals surface area (Å²) in [4.78, 5) is 20.4. The standard InChI is InChI=1S/C18H18N2OS/c1-20(2)12-10-16-17(13-7-3-4-9-15(13)22-16)18(21)14-8-5-6-11-19-14/h3-9,11H,10,12H2,1-2H3. The van der Waals surface area contributed by atoms with Crippen molar-refractivity contribution in [3.05, 3.63) is 64.8 Å². The number of hydrogen-bond acceptors (Lipinski definition) is 4. The first-order valence-electron chi connectivity index (χ1n) is 7.27. The highest BCUT2D eigenvalue weighted by Gasteiger charge is 2.20. The van der Waals surface area contributed by atoms with Crippen molar-refractivity contribution in [3.63, 3.8) is 0 Å². The number of aromatic nitrogens is 1. The molecule has 0 atom stereocenters. The molecule has 2 aromatic heterocycles. The Morgan fingerprint density at radius 3 is 2.64 bits per heavy atom. The van der Waals surface area contributed by atoms with Crippen LogP contribution in [0.3, 0.4) is 0 Å². The Balaban J connectivity index is 2.09. The van der Waals surface area contributed by atoms with Crippen LogP contribution in [-0.4, -0.2) is 36.3 Å². The van der Waals surface area contributed by atoms with Crippen LogP contribution in [0.1, 0.15) is 20.9 Å². The second-order valence-electron chi connectivity index (χ2n) is 5.49. The lowest BCUT2D eigenvalue weighted by Gasteiger charge is -2.09. The molecule has 4 heteroatoms. The fourth-order valence-electron chi connectivity index (χ4n) is 2.47. The van der Waals surface area contributed by atoms with Crippen LogP contribution in [0.15, 0.2) is 48.7 Å². The van der Waals surface area contributed by atoms with Gasteiger partial charge in [-0.25, -0.2) is 0 Å². The molecule has 112 valence electrons. The van der Waals surface area contributed by atoms with Gasteiger partial charge in [0.1, 0.15) is 5.69 Å². The van der Waals surface area contributed by atoms with Crippen molar-refractivity contribution in [1.29, 1.82) is 0 Å². The Morgan fingerprint density at radius 1 is 1.14 bits per heavy atom. The molecule has 0 N–H and O–H groups in total.